The first-order valence-corrected chi connectivity index (χ1v) is 7.93. The Morgan fingerprint density at radius 3 is 2.76 bits per heavy atom. The molecular formula is C15H18BrClN2O2. The van der Waals surface area contributed by atoms with E-state index in [1.165, 1.54) is 0 Å². The lowest BCUT2D eigenvalue weighted by molar-refractivity contribution is 0.199. The SMILES string of the molecule is CCn1nc(C)c(Br)c1COc1ccc([C@H](C)O)cc1Cl. The molecule has 0 unspecified atom stereocenters. The highest BCUT2D eigenvalue weighted by atomic mass is 79.9. The summed E-state index contributed by atoms with van der Waals surface area (Å²) in [5.74, 6) is 0.592. The summed E-state index contributed by atoms with van der Waals surface area (Å²) >= 11 is 9.72. The highest BCUT2D eigenvalue weighted by Crippen LogP contribution is 2.29. The standard InChI is InChI=1S/C15H18BrClN2O2/c1-4-19-13(15(16)9(2)18-19)8-21-14-6-5-11(10(3)20)7-12(14)17/h5-7,10,20H,4,8H2,1-3H3/t10-/m0/s1. The van der Waals surface area contributed by atoms with Gasteiger partial charge in [0.2, 0.25) is 0 Å². The van der Waals surface area contributed by atoms with Crippen LogP contribution in [0.25, 0.3) is 0 Å². The van der Waals surface area contributed by atoms with E-state index in [0.29, 0.717) is 17.4 Å². The number of benzene rings is 1. The van der Waals surface area contributed by atoms with E-state index in [1.54, 1.807) is 19.1 Å². The number of aliphatic hydroxyl groups excluding tert-OH is 1. The van der Waals surface area contributed by atoms with E-state index >= 15 is 0 Å². The number of nitrogens with zero attached hydrogens (tertiary/aromatic N) is 2. The van der Waals surface area contributed by atoms with Gasteiger partial charge in [-0.1, -0.05) is 17.7 Å². The van der Waals surface area contributed by atoms with Gasteiger partial charge in [-0.05, 0) is 54.4 Å². The van der Waals surface area contributed by atoms with E-state index in [0.717, 1.165) is 28.0 Å². The minimum absolute atomic E-state index is 0.378. The number of hydrogen-bond acceptors (Lipinski definition) is 3. The Balaban J connectivity index is 2.17. The van der Waals surface area contributed by atoms with Crippen molar-refractivity contribution >= 4 is 27.5 Å². The second-order valence-corrected chi connectivity index (χ2v) is 6.02. The molecule has 1 heterocycles. The molecule has 0 fully saturated rings. The molecule has 4 nitrogen and oxygen atoms in total. The van der Waals surface area contributed by atoms with Crippen LogP contribution in [0.5, 0.6) is 5.75 Å². The van der Waals surface area contributed by atoms with E-state index in [2.05, 4.69) is 21.0 Å². The molecule has 0 saturated heterocycles. The van der Waals surface area contributed by atoms with Gasteiger partial charge in [-0.2, -0.15) is 5.10 Å². The fourth-order valence-electron chi connectivity index (χ4n) is 2.05. The molecule has 1 N–H and O–H groups in total. The minimum Gasteiger partial charge on any atom is -0.486 e. The van der Waals surface area contributed by atoms with Crippen molar-refractivity contribution < 1.29 is 9.84 Å². The summed E-state index contributed by atoms with van der Waals surface area (Å²) in [6.45, 7) is 6.84. The maximum atomic E-state index is 9.54. The summed E-state index contributed by atoms with van der Waals surface area (Å²) < 4.78 is 8.65. The van der Waals surface area contributed by atoms with E-state index in [-0.39, 0.29) is 0 Å². The predicted molar refractivity (Wildman–Crippen MR) is 86.8 cm³/mol. The summed E-state index contributed by atoms with van der Waals surface area (Å²) in [4.78, 5) is 0. The molecule has 21 heavy (non-hydrogen) atoms. The molecule has 0 aliphatic rings. The fourth-order valence-corrected chi connectivity index (χ4v) is 2.69. The lowest BCUT2D eigenvalue weighted by Gasteiger charge is -2.12. The predicted octanol–water partition coefficient (Wildman–Crippen LogP) is 4.26. The van der Waals surface area contributed by atoms with Gasteiger partial charge in [0.1, 0.15) is 12.4 Å². The van der Waals surface area contributed by atoms with Crippen molar-refractivity contribution in [3.8, 4) is 5.75 Å². The third-order valence-electron chi connectivity index (χ3n) is 3.26. The first kappa shape index (κ1) is 16.3. The number of aliphatic hydroxyl groups is 1. The maximum absolute atomic E-state index is 9.54. The van der Waals surface area contributed by atoms with E-state index in [4.69, 9.17) is 16.3 Å². The molecule has 0 bridgehead atoms. The van der Waals surface area contributed by atoms with Gasteiger partial charge < -0.3 is 9.84 Å². The van der Waals surface area contributed by atoms with Crippen molar-refractivity contribution in [2.45, 2.75) is 40.0 Å². The van der Waals surface area contributed by atoms with Crippen LogP contribution in [-0.4, -0.2) is 14.9 Å². The molecule has 2 aromatic rings. The van der Waals surface area contributed by atoms with E-state index in [1.807, 2.05) is 24.6 Å². The van der Waals surface area contributed by atoms with Gasteiger partial charge in [0.15, 0.2) is 0 Å². The Labute approximate surface area is 137 Å². The van der Waals surface area contributed by atoms with Gasteiger partial charge in [-0.15, -0.1) is 0 Å². The molecular weight excluding hydrogens is 356 g/mol. The zero-order valence-corrected chi connectivity index (χ0v) is 14.6. The van der Waals surface area contributed by atoms with Gasteiger partial charge in [0.05, 0.1) is 27.0 Å². The zero-order valence-electron chi connectivity index (χ0n) is 12.2. The molecule has 1 atom stereocenters. The van der Waals surface area contributed by atoms with Crippen molar-refractivity contribution in [3.63, 3.8) is 0 Å². The number of aryl methyl sites for hydroxylation is 2. The highest BCUT2D eigenvalue weighted by molar-refractivity contribution is 9.10. The van der Waals surface area contributed by atoms with Gasteiger partial charge >= 0.3 is 0 Å². The van der Waals surface area contributed by atoms with Crippen LogP contribution < -0.4 is 4.74 Å². The number of aromatic nitrogens is 2. The first-order valence-electron chi connectivity index (χ1n) is 6.76. The van der Waals surface area contributed by atoms with Crippen molar-refractivity contribution in [1.82, 2.24) is 9.78 Å². The van der Waals surface area contributed by atoms with Crippen LogP contribution >= 0.6 is 27.5 Å². The Morgan fingerprint density at radius 2 is 2.19 bits per heavy atom. The average Bonchev–Trinajstić information content (AvgIpc) is 2.72. The summed E-state index contributed by atoms with van der Waals surface area (Å²) in [6, 6.07) is 5.31. The second kappa shape index (κ2) is 6.81. The van der Waals surface area contributed by atoms with Crippen molar-refractivity contribution in [2.24, 2.45) is 0 Å². The van der Waals surface area contributed by atoms with Gasteiger partial charge in [0, 0.05) is 6.54 Å². The Morgan fingerprint density at radius 1 is 1.48 bits per heavy atom. The van der Waals surface area contributed by atoms with Gasteiger partial charge in [-0.25, -0.2) is 0 Å². The number of ether oxygens (including phenoxy) is 1. The Hall–Kier alpha value is -1.04. The topological polar surface area (TPSA) is 47.3 Å². The van der Waals surface area contributed by atoms with Crippen LogP contribution in [0.2, 0.25) is 5.02 Å². The highest BCUT2D eigenvalue weighted by Gasteiger charge is 2.14. The third-order valence-corrected chi connectivity index (χ3v) is 4.58. The van der Waals surface area contributed by atoms with E-state index < -0.39 is 6.10 Å². The summed E-state index contributed by atoms with van der Waals surface area (Å²) in [7, 11) is 0. The molecule has 6 heteroatoms. The summed E-state index contributed by atoms with van der Waals surface area (Å²) in [6.07, 6.45) is -0.546. The van der Waals surface area contributed by atoms with Gasteiger partial charge in [0.25, 0.3) is 0 Å². The molecule has 1 aromatic heterocycles. The first-order chi connectivity index (χ1) is 9.93. The number of rotatable bonds is 5. The monoisotopic (exact) mass is 372 g/mol. The molecule has 0 saturated carbocycles. The number of hydrogen-bond donors (Lipinski definition) is 1. The molecule has 0 aliphatic heterocycles. The Kier molecular flexibility index (Phi) is 5.30. The molecule has 0 spiro atoms. The van der Waals surface area contributed by atoms with Crippen molar-refractivity contribution in [1.29, 1.82) is 0 Å². The lowest BCUT2D eigenvalue weighted by atomic mass is 10.1. The molecule has 114 valence electrons. The largest absolute Gasteiger partial charge is 0.486 e. The van der Waals surface area contributed by atoms with Crippen LogP contribution in [0.1, 0.15) is 36.9 Å². The third kappa shape index (κ3) is 3.59. The quantitative estimate of drug-likeness (QED) is 0.852. The molecule has 0 aliphatic carbocycles. The van der Waals surface area contributed by atoms with E-state index in [9.17, 15) is 5.11 Å². The van der Waals surface area contributed by atoms with Crippen molar-refractivity contribution in [2.75, 3.05) is 0 Å². The van der Waals surface area contributed by atoms with Crippen LogP contribution in [0, 0.1) is 6.92 Å². The second-order valence-electron chi connectivity index (χ2n) is 4.82. The molecule has 1 aromatic carbocycles. The Bertz CT molecular complexity index is 641. The molecule has 0 radical (unpaired) electrons. The van der Waals surface area contributed by atoms with Crippen LogP contribution in [-0.2, 0) is 13.2 Å². The van der Waals surface area contributed by atoms with Crippen molar-refractivity contribution in [3.05, 3.63) is 44.6 Å². The minimum atomic E-state index is -0.546. The van der Waals surface area contributed by atoms with Crippen LogP contribution in [0.3, 0.4) is 0 Å². The van der Waals surface area contributed by atoms with Crippen LogP contribution in [0.15, 0.2) is 22.7 Å². The molecule has 0 amide bonds. The average molecular weight is 374 g/mol. The number of halogens is 2. The summed E-state index contributed by atoms with van der Waals surface area (Å²) in [5, 5.41) is 14.5. The smallest absolute Gasteiger partial charge is 0.138 e. The summed E-state index contributed by atoms with van der Waals surface area (Å²) in [5.41, 5.74) is 2.68. The normalized spacial score (nSPS) is 12.5. The zero-order chi connectivity index (χ0) is 15.6. The lowest BCUT2D eigenvalue weighted by Crippen LogP contribution is -2.07. The van der Waals surface area contributed by atoms with Gasteiger partial charge in [-0.3, -0.25) is 4.68 Å². The maximum Gasteiger partial charge on any atom is 0.138 e. The molecule has 2 rings (SSSR count). The van der Waals surface area contributed by atoms with Crippen LogP contribution in [0.4, 0.5) is 0 Å². The fraction of sp³-hybridized carbons (Fsp3) is 0.400.